The molecule has 2 aliphatic heterocycles. The van der Waals surface area contributed by atoms with Gasteiger partial charge in [0, 0.05) is 37.5 Å². The molecule has 30 heavy (non-hydrogen) atoms. The van der Waals surface area contributed by atoms with E-state index in [9.17, 15) is 19.2 Å². The number of piperazine rings is 1. The van der Waals surface area contributed by atoms with Crippen molar-refractivity contribution >= 4 is 29.3 Å². The zero-order valence-electron chi connectivity index (χ0n) is 16.3. The number of anilines is 1. The summed E-state index contributed by atoms with van der Waals surface area (Å²) in [4.78, 5) is 49.3. The highest BCUT2D eigenvalue weighted by Crippen LogP contribution is 2.27. The van der Waals surface area contributed by atoms with Crippen LogP contribution in [0.15, 0.2) is 41.0 Å². The highest BCUT2D eigenvalue weighted by molar-refractivity contribution is 6.05. The normalized spacial score (nSPS) is 18.1. The zero-order chi connectivity index (χ0) is 21.1. The van der Waals surface area contributed by atoms with Gasteiger partial charge in [0.25, 0.3) is 5.91 Å². The molecule has 2 saturated heterocycles. The number of carbonyl (C=O) groups is 4. The predicted octanol–water partition coefficient (Wildman–Crippen LogP) is 0.984. The summed E-state index contributed by atoms with van der Waals surface area (Å²) in [7, 11) is 0. The van der Waals surface area contributed by atoms with Crippen molar-refractivity contribution in [3.05, 3.63) is 53.5 Å². The number of nitrogens with one attached hydrogen (secondary N) is 3. The average molecular weight is 410 g/mol. The van der Waals surface area contributed by atoms with Crippen molar-refractivity contribution in [2.45, 2.75) is 25.3 Å². The van der Waals surface area contributed by atoms with Crippen molar-refractivity contribution in [3.8, 4) is 0 Å². The van der Waals surface area contributed by atoms with Gasteiger partial charge in [0.2, 0.25) is 17.7 Å². The van der Waals surface area contributed by atoms with E-state index in [-0.39, 0.29) is 48.9 Å². The number of hydrogen-bond acceptors (Lipinski definition) is 6. The van der Waals surface area contributed by atoms with Gasteiger partial charge in [0.1, 0.15) is 5.76 Å². The third kappa shape index (κ3) is 4.57. The SMILES string of the molecule is O=C1CN(Cc2occc2C(=O)Nc2ccc(C3CC(=O)NC(=O)C3)cc2)CCN1. The van der Waals surface area contributed by atoms with Crippen LogP contribution in [0.5, 0.6) is 0 Å². The first-order valence-corrected chi connectivity index (χ1v) is 9.77. The van der Waals surface area contributed by atoms with Gasteiger partial charge in [-0.05, 0) is 23.8 Å². The lowest BCUT2D eigenvalue weighted by Gasteiger charge is -2.25. The maximum Gasteiger partial charge on any atom is 0.259 e. The van der Waals surface area contributed by atoms with Crippen LogP contribution in [0.3, 0.4) is 0 Å². The highest BCUT2D eigenvalue weighted by Gasteiger charge is 2.26. The molecule has 4 rings (SSSR count). The fraction of sp³-hybridized carbons (Fsp3) is 0.333. The quantitative estimate of drug-likeness (QED) is 0.632. The highest BCUT2D eigenvalue weighted by atomic mass is 16.3. The molecule has 0 radical (unpaired) electrons. The number of amides is 4. The molecule has 156 valence electrons. The van der Waals surface area contributed by atoms with E-state index in [0.29, 0.717) is 36.6 Å². The van der Waals surface area contributed by atoms with Crippen molar-refractivity contribution in [1.29, 1.82) is 0 Å². The summed E-state index contributed by atoms with van der Waals surface area (Å²) in [6.07, 6.45) is 2.00. The van der Waals surface area contributed by atoms with Gasteiger partial charge < -0.3 is 15.1 Å². The zero-order valence-corrected chi connectivity index (χ0v) is 16.3. The van der Waals surface area contributed by atoms with E-state index in [0.717, 1.165) is 5.56 Å². The number of furan rings is 1. The lowest BCUT2D eigenvalue weighted by atomic mass is 9.89. The van der Waals surface area contributed by atoms with Crippen LogP contribution < -0.4 is 16.0 Å². The van der Waals surface area contributed by atoms with Crippen LogP contribution in [0.2, 0.25) is 0 Å². The number of hydrogen-bond donors (Lipinski definition) is 3. The minimum Gasteiger partial charge on any atom is -0.467 e. The summed E-state index contributed by atoms with van der Waals surface area (Å²) in [5.74, 6) is -0.542. The second kappa shape index (κ2) is 8.50. The summed E-state index contributed by atoms with van der Waals surface area (Å²) in [6.45, 7) is 1.91. The third-order valence-corrected chi connectivity index (χ3v) is 5.26. The molecule has 0 aliphatic carbocycles. The van der Waals surface area contributed by atoms with Crippen LogP contribution in [0.25, 0.3) is 0 Å². The molecule has 2 aliphatic rings. The average Bonchev–Trinajstić information content (AvgIpc) is 3.16. The van der Waals surface area contributed by atoms with Crippen molar-refractivity contribution in [2.75, 3.05) is 25.0 Å². The van der Waals surface area contributed by atoms with Gasteiger partial charge in [-0.25, -0.2) is 0 Å². The molecule has 1 aromatic carbocycles. The number of nitrogens with zero attached hydrogens (tertiary/aromatic N) is 1. The van der Waals surface area contributed by atoms with Gasteiger partial charge in [-0.15, -0.1) is 0 Å². The Bertz CT molecular complexity index is 966. The van der Waals surface area contributed by atoms with Gasteiger partial charge in [-0.2, -0.15) is 0 Å². The number of benzene rings is 1. The largest absolute Gasteiger partial charge is 0.467 e. The van der Waals surface area contributed by atoms with Crippen LogP contribution in [-0.4, -0.2) is 48.2 Å². The molecule has 0 saturated carbocycles. The van der Waals surface area contributed by atoms with Gasteiger partial charge in [-0.3, -0.25) is 29.4 Å². The number of carbonyl (C=O) groups excluding carboxylic acids is 4. The van der Waals surface area contributed by atoms with Crippen molar-refractivity contribution in [2.24, 2.45) is 0 Å². The van der Waals surface area contributed by atoms with E-state index in [1.54, 1.807) is 18.2 Å². The molecule has 0 bridgehead atoms. The lowest BCUT2D eigenvalue weighted by molar-refractivity contribution is -0.133. The van der Waals surface area contributed by atoms with Crippen LogP contribution in [0.4, 0.5) is 5.69 Å². The molecule has 0 atom stereocenters. The maximum absolute atomic E-state index is 12.7. The number of rotatable bonds is 5. The first-order valence-electron chi connectivity index (χ1n) is 9.77. The fourth-order valence-electron chi connectivity index (χ4n) is 3.74. The monoisotopic (exact) mass is 410 g/mol. The Balaban J connectivity index is 1.40. The Hall–Kier alpha value is -3.46. The molecule has 3 N–H and O–H groups in total. The summed E-state index contributed by atoms with van der Waals surface area (Å²) in [6, 6.07) is 8.73. The van der Waals surface area contributed by atoms with E-state index in [1.165, 1.54) is 6.26 Å². The summed E-state index contributed by atoms with van der Waals surface area (Å²) >= 11 is 0. The van der Waals surface area contributed by atoms with Crippen LogP contribution in [0, 0.1) is 0 Å². The van der Waals surface area contributed by atoms with Crippen molar-refractivity contribution < 1.29 is 23.6 Å². The van der Waals surface area contributed by atoms with E-state index >= 15 is 0 Å². The Morgan fingerprint density at radius 2 is 1.80 bits per heavy atom. The Morgan fingerprint density at radius 3 is 2.50 bits per heavy atom. The predicted molar refractivity (Wildman–Crippen MR) is 107 cm³/mol. The molecular formula is C21H22N4O5. The minimum atomic E-state index is -0.305. The molecule has 3 heterocycles. The van der Waals surface area contributed by atoms with Gasteiger partial charge in [0.15, 0.2) is 0 Å². The van der Waals surface area contributed by atoms with E-state index in [4.69, 9.17) is 4.42 Å². The second-order valence-electron chi connectivity index (χ2n) is 7.47. The lowest BCUT2D eigenvalue weighted by Crippen LogP contribution is -2.47. The molecule has 0 unspecified atom stereocenters. The molecule has 9 nitrogen and oxygen atoms in total. The molecule has 9 heteroatoms. The van der Waals surface area contributed by atoms with Gasteiger partial charge in [0.05, 0.1) is 24.9 Å². The summed E-state index contributed by atoms with van der Waals surface area (Å²) in [5, 5.41) is 7.90. The maximum atomic E-state index is 12.7. The summed E-state index contributed by atoms with van der Waals surface area (Å²) in [5.41, 5.74) is 1.89. The fourth-order valence-corrected chi connectivity index (χ4v) is 3.74. The third-order valence-electron chi connectivity index (χ3n) is 5.26. The first-order chi connectivity index (χ1) is 14.5. The molecule has 1 aromatic heterocycles. The molecule has 2 aromatic rings. The Kier molecular flexibility index (Phi) is 5.62. The van der Waals surface area contributed by atoms with Crippen LogP contribution in [0.1, 0.15) is 40.4 Å². The first kappa shape index (κ1) is 19.8. The number of piperidine rings is 1. The van der Waals surface area contributed by atoms with E-state index in [2.05, 4.69) is 16.0 Å². The smallest absolute Gasteiger partial charge is 0.259 e. The Morgan fingerprint density at radius 1 is 1.07 bits per heavy atom. The molecule has 0 spiro atoms. The summed E-state index contributed by atoms with van der Waals surface area (Å²) < 4.78 is 5.48. The van der Waals surface area contributed by atoms with E-state index < -0.39 is 0 Å². The molecule has 4 amide bonds. The van der Waals surface area contributed by atoms with Crippen molar-refractivity contribution in [1.82, 2.24) is 15.5 Å². The topological polar surface area (TPSA) is 121 Å². The molecular weight excluding hydrogens is 388 g/mol. The second-order valence-corrected chi connectivity index (χ2v) is 7.47. The van der Waals surface area contributed by atoms with E-state index in [1.807, 2.05) is 17.0 Å². The van der Waals surface area contributed by atoms with Crippen LogP contribution >= 0.6 is 0 Å². The van der Waals surface area contributed by atoms with Crippen molar-refractivity contribution in [3.63, 3.8) is 0 Å². The minimum absolute atomic E-state index is 0.0453. The standard InChI is InChI=1S/C21H22N4O5/c26-18-9-14(10-19(27)24-18)13-1-3-15(4-2-13)23-21(29)16-5-8-30-17(16)11-25-7-6-22-20(28)12-25/h1-5,8,14H,6-7,9-12H2,(H,22,28)(H,23,29)(H,24,26,27). The van der Waals surface area contributed by atoms with Gasteiger partial charge in [-0.1, -0.05) is 12.1 Å². The van der Waals surface area contributed by atoms with Crippen LogP contribution in [-0.2, 0) is 20.9 Å². The van der Waals surface area contributed by atoms with Gasteiger partial charge >= 0.3 is 0 Å². The Labute approximate surface area is 172 Å². The number of imide groups is 1. The molecule has 2 fully saturated rings.